The maximum atomic E-state index is 13.8. The Hall–Kier alpha value is -3.56. The fourth-order valence-corrected chi connectivity index (χ4v) is 5.03. The van der Waals surface area contributed by atoms with Crippen LogP contribution in [0.4, 0.5) is 24.5 Å². The van der Waals surface area contributed by atoms with Gasteiger partial charge in [-0.2, -0.15) is 5.10 Å². The lowest BCUT2D eigenvalue weighted by molar-refractivity contribution is 0.151. The van der Waals surface area contributed by atoms with Gasteiger partial charge in [-0.15, -0.1) is 0 Å². The summed E-state index contributed by atoms with van der Waals surface area (Å²) in [6.45, 7) is 1.88. The largest absolute Gasteiger partial charge is 0.383 e. The van der Waals surface area contributed by atoms with Crippen LogP contribution >= 0.6 is 11.6 Å². The molecule has 0 bridgehead atoms. The second kappa shape index (κ2) is 10.7. The highest BCUT2D eigenvalue weighted by molar-refractivity contribution is 6.33. The number of fused-ring (bicyclic) bond motifs is 1. The molecule has 1 aliphatic carbocycles. The molecular weight excluding hydrogens is 513 g/mol. The molecule has 10 heteroatoms. The minimum atomic E-state index is -2.57. The first-order valence-corrected chi connectivity index (χ1v) is 12.8. The summed E-state index contributed by atoms with van der Waals surface area (Å²) in [5.41, 5.74) is 16.9. The summed E-state index contributed by atoms with van der Waals surface area (Å²) >= 11 is 6.22. The maximum absolute atomic E-state index is 13.8. The molecule has 4 aromatic rings. The summed E-state index contributed by atoms with van der Waals surface area (Å²) < 4.78 is 42.4. The normalized spacial score (nSPS) is 18.3. The number of alkyl halides is 2. The number of benzene rings is 2. The average molecular weight is 541 g/mol. The van der Waals surface area contributed by atoms with Gasteiger partial charge in [-0.1, -0.05) is 23.7 Å². The first-order chi connectivity index (χ1) is 18.2. The quantitative estimate of drug-likeness (QED) is 0.186. The van der Waals surface area contributed by atoms with E-state index in [1.165, 1.54) is 30.3 Å². The van der Waals surface area contributed by atoms with Gasteiger partial charge in [0.05, 0.1) is 33.7 Å². The van der Waals surface area contributed by atoms with Gasteiger partial charge in [-0.25, -0.2) is 22.7 Å². The van der Waals surface area contributed by atoms with Crippen molar-refractivity contribution in [3.05, 3.63) is 82.4 Å². The number of halogens is 4. The Labute approximate surface area is 223 Å². The lowest BCUT2D eigenvalue weighted by atomic mass is 9.91. The lowest BCUT2D eigenvalue weighted by Crippen LogP contribution is -2.33. The van der Waals surface area contributed by atoms with Gasteiger partial charge in [0.25, 0.3) is 6.43 Å². The minimum Gasteiger partial charge on any atom is -0.383 e. The third kappa shape index (κ3) is 5.35. The molecule has 2 aromatic carbocycles. The third-order valence-corrected chi connectivity index (χ3v) is 7.33. The van der Waals surface area contributed by atoms with Crippen molar-refractivity contribution in [1.82, 2.24) is 9.61 Å². The number of amidine groups is 1. The number of hydrogen-bond donors (Lipinski definition) is 3. The highest BCUT2D eigenvalue weighted by Crippen LogP contribution is 2.34. The fraction of sp³-hybridized carbons (Fsp3) is 0.286. The molecule has 5 rings (SSSR count). The fourth-order valence-electron chi connectivity index (χ4n) is 4.87. The van der Waals surface area contributed by atoms with E-state index in [1.807, 2.05) is 13.0 Å². The van der Waals surface area contributed by atoms with Gasteiger partial charge in [0.1, 0.15) is 11.7 Å². The standard InChI is InChI=1S/C28H28ClF3N6/c1-15-2-3-16(27(31)32)10-21(15)17-11-25-26(36-20-7-5-19(33)6-8-20)22(13-35-38(25)14-17)28(34)37-24-12-18(30)4-9-23(24)29/h2-4,9-14,19-20,27,36H,5-8,33H2,1H3,(H2,34,37)/t19-,20-. The van der Waals surface area contributed by atoms with E-state index < -0.39 is 12.2 Å². The van der Waals surface area contributed by atoms with E-state index in [0.29, 0.717) is 22.3 Å². The number of nitrogens with one attached hydrogen (secondary N) is 1. The van der Waals surface area contributed by atoms with E-state index in [-0.39, 0.29) is 34.2 Å². The van der Waals surface area contributed by atoms with Crippen molar-refractivity contribution in [2.24, 2.45) is 16.5 Å². The molecule has 0 aliphatic heterocycles. The Bertz CT molecular complexity index is 1510. The lowest BCUT2D eigenvalue weighted by Gasteiger charge is -2.28. The van der Waals surface area contributed by atoms with E-state index in [0.717, 1.165) is 36.8 Å². The van der Waals surface area contributed by atoms with Crippen molar-refractivity contribution >= 4 is 34.3 Å². The van der Waals surface area contributed by atoms with E-state index in [1.54, 1.807) is 23.0 Å². The number of anilines is 1. The zero-order valence-electron chi connectivity index (χ0n) is 20.8. The highest BCUT2D eigenvalue weighted by Gasteiger charge is 2.23. The van der Waals surface area contributed by atoms with Crippen LogP contribution < -0.4 is 16.8 Å². The van der Waals surface area contributed by atoms with Crippen molar-refractivity contribution in [3.63, 3.8) is 0 Å². The molecule has 2 aromatic heterocycles. The second-order valence-corrected chi connectivity index (χ2v) is 10.1. The van der Waals surface area contributed by atoms with Gasteiger partial charge < -0.3 is 16.8 Å². The van der Waals surface area contributed by atoms with Crippen LogP contribution in [0.3, 0.4) is 0 Å². The molecule has 0 spiro atoms. The number of aromatic nitrogens is 2. The van der Waals surface area contributed by atoms with E-state index in [2.05, 4.69) is 15.4 Å². The number of nitrogens with zero attached hydrogens (tertiary/aromatic N) is 3. The zero-order valence-corrected chi connectivity index (χ0v) is 21.5. The molecular formula is C28H28ClF3N6. The van der Waals surface area contributed by atoms with Gasteiger partial charge in [-0.05, 0) is 68.0 Å². The summed E-state index contributed by atoms with van der Waals surface area (Å²) in [6, 6.07) is 10.7. The van der Waals surface area contributed by atoms with Crippen LogP contribution in [-0.2, 0) is 0 Å². The average Bonchev–Trinajstić information content (AvgIpc) is 3.32. The number of aliphatic imine (C=N–C) groups is 1. The molecule has 6 nitrogen and oxygen atoms in total. The monoisotopic (exact) mass is 540 g/mol. The first-order valence-electron chi connectivity index (χ1n) is 12.4. The summed E-state index contributed by atoms with van der Waals surface area (Å²) in [5, 5.41) is 8.40. The minimum absolute atomic E-state index is 0.0465. The van der Waals surface area contributed by atoms with Crippen LogP contribution in [0.25, 0.3) is 16.6 Å². The van der Waals surface area contributed by atoms with E-state index in [4.69, 9.17) is 23.1 Å². The van der Waals surface area contributed by atoms with Gasteiger partial charge in [-0.3, -0.25) is 0 Å². The number of nitrogens with two attached hydrogens (primary N) is 2. The molecule has 0 radical (unpaired) electrons. The predicted octanol–water partition coefficient (Wildman–Crippen LogP) is 6.76. The van der Waals surface area contributed by atoms with Crippen molar-refractivity contribution < 1.29 is 13.2 Å². The van der Waals surface area contributed by atoms with E-state index in [9.17, 15) is 13.2 Å². The molecule has 0 unspecified atom stereocenters. The van der Waals surface area contributed by atoms with Crippen molar-refractivity contribution in [3.8, 4) is 11.1 Å². The van der Waals surface area contributed by atoms with Crippen molar-refractivity contribution in [2.45, 2.75) is 51.1 Å². The Morgan fingerprint density at radius 1 is 1.13 bits per heavy atom. The van der Waals surface area contributed by atoms with Crippen LogP contribution in [0.15, 0.2) is 59.9 Å². The summed E-state index contributed by atoms with van der Waals surface area (Å²) in [4.78, 5) is 4.40. The number of aryl methyl sites for hydroxylation is 1. The molecule has 198 valence electrons. The van der Waals surface area contributed by atoms with Gasteiger partial charge in [0.15, 0.2) is 0 Å². The molecule has 1 aliphatic rings. The first kappa shape index (κ1) is 26.1. The van der Waals surface area contributed by atoms with Crippen LogP contribution in [0.5, 0.6) is 0 Å². The summed E-state index contributed by atoms with van der Waals surface area (Å²) in [6.07, 6.45) is 4.36. The number of rotatable bonds is 6. The van der Waals surface area contributed by atoms with Crippen LogP contribution in [0.2, 0.25) is 5.02 Å². The number of hydrogen-bond acceptors (Lipinski definition) is 4. The topological polar surface area (TPSA) is 93.7 Å². The van der Waals surface area contributed by atoms with E-state index >= 15 is 0 Å². The molecule has 1 fully saturated rings. The zero-order chi connectivity index (χ0) is 27.0. The molecule has 0 saturated heterocycles. The van der Waals surface area contributed by atoms with Crippen LogP contribution in [0.1, 0.15) is 48.8 Å². The van der Waals surface area contributed by atoms with Crippen molar-refractivity contribution in [2.75, 3.05) is 5.32 Å². The third-order valence-electron chi connectivity index (χ3n) is 7.01. The maximum Gasteiger partial charge on any atom is 0.263 e. The van der Waals surface area contributed by atoms with Gasteiger partial charge in [0, 0.05) is 35.5 Å². The Morgan fingerprint density at radius 3 is 2.63 bits per heavy atom. The van der Waals surface area contributed by atoms with Crippen LogP contribution in [-0.4, -0.2) is 27.5 Å². The Kier molecular flexibility index (Phi) is 7.32. The molecule has 1 saturated carbocycles. The molecule has 0 atom stereocenters. The Morgan fingerprint density at radius 2 is 1.89 bits per heavy atom. The summed E-state index contributed by atoms with van der Waals surface area (Å²) in [7, 11) is 0. The van der Waals surface area contributed by atoms with Gasteiger partial charge >= 0.3 is 0 Å². The highest BCUT2D eigenvalue weighted by atomic mass is 35.5. The predicted molar refractivity (Wildman–Crippen MR) is 146 cm³/mol. The van der Waals surface area contributed by atoms with Crippen LogP contribution in [0, 0.1) is 12.7 Å². The summed E-state index contributed by atoms with van der Waals surface area (Å²) in [5.74, 6) is -0.370. The SMILES string of the molecule is Cc1ccc(C(F)F)cc1-c1cc2c(N[C@H]3CC[C@H](N)CC3)c(C(N)=Nc3cc(F)ccc3Cl)cnn2c1. The Balaban J connectivity index is 1.63. The van der Waals surface area contributed by atoms with Crippen molar-refractivity contribution in [1.29, 1.82) is 0 Å². The molecule has 38 heavy (non-hydrogen) atoms. The molecule has 2 heterocycles. The second-order valence-electron chi connectivity index (χ2n) is 9.72. The molecule has 5 N–H and O–H groups in total. The molecule has 0 amide bonds. The van der Waals surface area contributed by atoms with Gasteiger partial charge in [0.2, 0.25) is 0 Å². The smallest absolute Gasteiger partial charge is 0.263 e.